The number of nitrogens with zero attached hydrogens (tertiary/aromatic N) is 1. The molecule has 4 nitrogen and oxygen atoms in total. The standard InChI is InChI=1S/C20H21Cl2NO3/c1-25-18-5-2-14(3-6-18)4-7-20(24)23-8-9-26-19(13-23)15-10-16(21)12-17(22)11-15/h2-3,5-6,10-12,19H,4,7-9,13H2,1H3. The van der Waals surface area contributed by atoms with Gasteiger partial charge in [0.15, 0.2) is 0 Å². The number of carbonyl (C=O) groups excluding carboxylic acids is 1. The first kappa shape index (κ1) is 19.0. The first-order valence-corrected chi connectivity index (χ1v) is 9.29. The Kier molecular flexibility index (Phi) is 6.41. The Morgan fingerprint density at radius 1 is 1.19 bits per heavy atom. The molecule has 1 aliphatic rings. The molecule has 1 atom stereocenters. The van der Waals surface area contributed by atoms with Gasteiger partial charge in [-0.05, 0) is 47.9 Å². The van der Waals surface area contributed by atoms with Gasteiger partial charge in [0.2, 0.25) is 5.91 Å². The fourth-order valence-corrected chi connectivity index (χ4v) is 3.58. The summed E-state index contributed by atoms with van der Waals surface area (Å²) in [6.07, 6.45) is 0.966. The third-order valence-corrected chi connectivity index (χ3v) is 4.90. The van der Waals surface area contributed by atoms with Crippen LogP contribution in [-0.2, 0) is 16.0 Å². The van der Waals surface area contributed by atoms with E-state index in [1.807, 2.05) is 41.3 Å². The molecule has 0 saturated carbocycles. The smallest absolute Gasteiger partial charge is 0.223 e. The fraction of sp³-hybridized carbons (Fsp3) is 0.350. The van der Waals surface area contributed by atoms with E-state index in [2.05, 4.69) is 0 Å². The van der Waals surface area contributed by atoms with E-state index in [-0.39, 0.29) is 12.0 Å². The van der Waals surface area contributed by atoms with Crippen molar-refractivity contribution in [1.82, 2.24) is 4.90 Å². The van der Waals surface area contributed by atoms with Crippen molar-refractivity contribution in [2.45, 2.75) is 18.9 Å². The zero-order chi connectivity index (χ0) is 18.5. The normalized spacial score (nSPS) is 17.2. The van der Waals surface area contributed by atoms with Crippen molar-refractivity contribution in [3.05, 3.63) is 63.6 Å². The van der Waals surface area contributed by atoms with Gasteiger partial charge in [0, 0.05) is 23.0 Å². The molecule has 2 aromatic rings. The number of carbonyl (C=O) groups is 1. The van der Waals surface area contributed by atoms with Crippen LogP contribution in [0.2, 0.25) is 10.0 Å². The lowest BCUT2D eigenvalue weighted by Gasteiger charge is -2.33. The topological polar surface area (TPSA) is 38.8 Å². The molecule has 1 heterocycles. The van der Waals surface area contributed by atoms with Crippen molar-refractivity contribution in [2.75, 3.05) is 26.8 Å². The van der Waals surface area contributed by atoms with E-state index in [0.717, 1.165) is 16.9 Å². The van der Waals surface area contributed by atoms with Gasteiger partial charge in [-0.15, -0.1) is 0 Å². The van der Waals surface area contributed by atoms with Crippen LogP contribution in [0.5, 0.6) is 5.75 Å². The number of aryl methyl sites for hydroxylation is 1. The molecule has 0 aromatic heterocycles. The van der Waals surface area contributed by atoms with Crippen LogP contribution >= 0.6 is 23.2 Å². The average molecular weight is 394 g/mol. The number of amides is 1. The molecule has 0 aliphatic carbocycles. The van der Waals surface area contributed by atoms with E-state index >= 15 is 0 Å². The average Bonchev–Trinajstić information content (AvgIpc) is 2.66. The largest absolute Gasteiger partial charge is 0.497 e. The van der Waals surface area contributed by atoms with Crippen LogP contribution in [0.4, 0.5) is 0 Å². The Balaban J connectivity index is 1.58. The summed E-state index contributed by atoms with van der Waals surface area (Å²) in [6, 6.07) is 13.2. The Bertz CT molecular complexity index is 744. The minimum Gasteiger partial charge on any atom is -0.497 e. The molecular weight excluding hydrogens is 373 g/mol. The van der Waals surface area contributed by atoms with Crippen LogP contribution in [0.15, 0.2) is 42.5 Å². The number of rotatable bonds is 5. The van der Waals surface area contributed by atoms with Gasteiger partial charge >= 0.3 is 0 Å². The summed E-state index contributed by atoms with van der Waals surface area (Å²) < 4.78 is 11.0. The minimum atomic E-state index is -0.204. The predicted octanol–water partition coefficient (Wildman–Crippen LogP) is 4.53. The van der Waals surface area contributed by atoms with Gasteiger partial charge in [0.1, 0.15) is 11.9 Å². The summed E-state index contributed by atoms with van der Waals surface area (Å²) in [5.74, 6) is 0.943. The second kappa shape index (κ2) is 8.76. The van der Waals surface area contributed by atoms with Gasteiger partial charge in [-0.1, -0.05) is 35.3 Å². The SMILES string of the molecule is COc1ccc(CCC(=O)N2CCOC(c3cc(Cl)cc(Cl)c3)C2)cc1. The van der Waals surface area contributed by atoms with E-state index in [0.29, 0.717) is 42.6 Å². The Morgan fingerprint density at radius 3 is 2.54 bits per heavy atom. The molecule has 0 bridgehead atoms. The molecule has 1 unspecified atom stereocenters. The summed E-state index contributed by atoms with van der Waals surface area (Å²) >= 11 is 12.2. The van der Waals surface area contributed by atoms with E-state index < -0.39 is 0 Å². The maximum Gasteiger partial charge on any atom is 0.223 e. The van der Waals surface area contributed by atoms with Crippen molar-refractivity contribution in [3.63, 3.8) is 0 Å². The summed E-state index contributed by atoms with van der Waals surface area (Å²) in [6.45, 7) is 1.62. The third-order valence-electron chi connectivity index (χ3n) is 4.46. The highest BCUT2D eigenvalue weighted by atomic mass is 35.5. The quantitative estimate of drug-likeness (QED) is 0.748. The maximum atomic E-state index is 12.6. The molecule has 0 radical (unpaired) electrons. The number of benzene rings is 2. The van der Waals surface area contributed by atoms with Crippen LogP contribution < -0.4 is 4.74 Å². The summed E-state index contributed by atoms with van der Waals surface area (Å²) in [5.41, 5.74) is 2.01. The maximum absolute atomic E-state index is 12.6. The number of ether oxygens (including phenoxy) is 2. The van der Waals surface area contributed by atoms with Crippen molar-refractivity contribution >= 4 is 29.1 Å². The molecule has 138 valence electrons. The minimum absolute atomic E-state index is 0.127. The number of morpholine rings is 1. The third kappa shape index (κ3) is 4.91. The van der Waals surface area contributed by atoms with E-state index in [9.17, 15) is 4.79 Å². The zero-order valence-corrected chi connectivity index (χ0v) is 16.1. The number of halogens is 2. The molecule has 0 spiro atoms. The molecule has 3 rings (SSSR count). The molecule has 1 amide bonds. The highest BCUT2D eigenvalue weighted by Gasteiger charge is 2.25. The first-order chi connectivity index (χ1) is 12.5. The molecule has 26 heavy (non-hydrogen) atoms. The van der Waals surface area contributed by atoms with E-state index in [1.165, 1.54) is 0 Å². The number of hydrogen-bond acceptors (Lipinski definition) is 3. The predicted molar refractivity (Wildman–Crippen MR) is 103 cm³/mol. The Morgan fingerprint density at radius 2 is 1.88 bits per heavy atom. The lowest BCUT2D eigenvalue weighted by atomic mass is 10.1. The van der Waals surface area contributed by atoms with Crippen molar-refractivity contribution in [3.8, 4) is 5.75 Å². The second-order valence-electron chi connectivity index (χ2n) is 6.25. The highest BCUT2D eigenvalue weighted by Crippen LogP contribution is 2.28. The van der Waals surface area contributed by atoms with Gasteiger partial charge in [-0.2, -0.15) is 0 Å². The molecule has 1 aliphatic heterocycles. The lowest BCUT2D eigenvalue weighted by Crippen LogP contribution is -2.42. The van der Waals surface area contributed by atoms with Crippen LogP contribution in [0, 0.1) is 0 Å². The van der Waals surface area contributed by atoms with Crippen molar-refractivity contribution < 1.29 is 14.3 Å². The van der Waals surface area contributed by atoms with Crippen molar-refractivity contribution in [1.29, 1.82) is 0 Å². The Labute approximate surface area is 163 Å². The van der Waals surface area contributed by atoms with E-state index in [1.54, 1.807) is 13.2 Å². The lowest BCUT2D eigenvalue weighted by molar-refractivity contribution is -0.139. The Hall–Kier alpha value is -1.75. The van der Waals surface area contributed by atoms with Crippen LogP contribution in [0.1, 0.15) is 23.7 Å². The van der Waals surface area contributed by atoms with Crippen LogP contribution in [-0.4, -0.2) is 37.6 Å². The molecule has 1 fully saturated rings. The highest BCUT2D eigenvalue weighted by molar-refractivity contribution is 6.34. The number of hydrogen-bond donors (Lipinski definition) is 0. The summed E-state index contributed by atoms with van der Waals surface area (Å²) in [5, 5.41) is 1.14. The van der Waals surface area contributed by atoms with Gasteiger partial charge in [0.05, 0.1) is 20.3 Å². The van der Waals surface area contributed by atoms with Gasteiger partial charge in [-0.3, -0.25) is 4.79 Å². The molecule has 6 heteroatoms. The fourth-order valence-electron chi connectivity index (χ4n) is 3.04. The molecule has 1 saturated heterocycles. The molecule has 0 N–H and O–H groups in total. The number of methoxy groups -OCH3 is 1. The zero-order valence-electron chi connectivity index (χ0n) is 14.6. The van der Waals surface area contributed by atoms with Gasteiger partial charge in [-0.25, -0.2) is 0 Å². The van der Waals surface area contributed by atoms with Gasteiger partial charge < -0.3 is 14.4 Å². The molecule has 2 aromatic carbocycles. The van der Waals surface area contributed by atoms with Crippen molar-refractivity contribution in [2.24, 2.45) is 0 Å². The first-order valence-electron chi connectivity index (χ1n) is 8.53. The molecular formula is C20H21Cl2NO3. The summed E-state index contributed by atoms with van der Waals surface area (Å²) in [4.78, 5) is 14.5. The van der Waals surface area contributed by atoms with E-state index in [4.69, 9.17) is 32.7 Å². The second-order valence-corrected chi connectivity index (χ2v) is 7.12. The summed E-state index contributed by atoms with van der Waals surface area (Å²) in [7, 11) is 1.64. The van der Waals surface area contributed by atoms with Crippen LogP contribution in [0.25, 0.3) is 0 Å². The van der Waals surface area contributed by atoms with Gasteiger partial charge in [0.25, 0.3) is 0 Å². The monoisotopic (exact) mass is 393 g/mol. The van der Waals surface area contributed by atoms with Crippen LogP contribution in [0.3, 0.4) is 0 Å².